The van der Waals surface area contributed by atoms with Crippen LogP contribution in [0.5, 0.6) is 0 Å². The Morgan fingerprint density at radius 2 is 1.18 bits per heavy atom. The van der Waals surface area contributed by atoms with Crippen molar-refractivity contribution in [2.75, 3.05) is 13.1 Å². The van der Waals surface area contributed by atoms with Crippen LogP contribution in [0.25, 0.3) is 0 Å². The molecule has 0 radical (unpaired) electrons. The lowest BCUT2D eigenvalue weighted by molar-refractivity contribution is -0.742. The molecule has 0 saturated carbocycles. The smallest absolute Gasteiger partial charge is 0.291 e. The quantitative estimate of drug-likeness (QED) is 0.159. The van der Waals surface area contributed by atoms with E-state index in [1.165, 1.54) is 109 Å². The molecular formula is C23H44N2O3. The Hall–Kier alpha value is -1.52. The van der Waals surface area contributed by atoms with Gasteiger partial charge in [-0.3, -0.25) is 0 Å². The van der Waals surface area contributed by atoms with Gasteiger partial charge in [-0.15, -0.1) is 10.1 Å². The molecule has 0 saturated heterocycles. The summed E-state index contributed by atoms with van der Waals surface area (Å²) in [6, 6.07) is 0. The summed E-state index contributed by atoms with van der Waals surface area (Å²) in [5.41, 5.74) is 0. The minimum Gasteiger partial charge on any atom is -0.374 e. The van der Waals surface area contributed by atoms with Crippen LogP contribution in [0.4, 0.5) is 0 Å². The van der Waals surface area contributed by atoms with E-state index in [1.54, 1.807) is 0 Å². The van der Waals surface area contributed by atoms with Crippen molar-refractivity contribution >= 4 is 0 Å². The zero-order valence-corrected chi connectivity index (χ0v) is 18.2. The predicted molar refractivity (Wildman–Crippen MR) is 118 cm³/mol. The highest BCUT2D eigenvalue weighted by Gasteiger charge is 1.99. The Labute approximate surface area is 173 Å². The molecule has 1 aliphatic heterocycles. The van der Waals surface area contributed by atoms with Gasteiger partial charge >= 0.3 is 0 Å². The normalized spacial score (nSPS) is 12.7. The molecule has 0 amide bonds. The second kappa shape index (κ2) is 21.8. The molecule has 1 aliphatic rings. The van der Waals surface area contributed by atoms with E-state index in [2.05, 4.69) is 36.3 Å². The highest BCUT2D eigenvalue weighted by molar-refractivity contribution is 5.08. The molecule has 164 valence electrons. The minimum absolute atomic E-state index is 1.11. The average molecular weight is 397 g/mol. The monoisotopic (exact) mass is 396 g/mol. The van der Waals surface area contributed by atoms with Crippen LogP contribution in [-0.2, 0) is 0 Å². The molecule has 0 aromatic rings. The Kier molecular flexibility index (Phi) is 20.6. The van der Waals surface area contributed by atoms with E-state index >= 15 is 0 Å². The molecule has 0 atom stereocenters. The molecule has 0 aliphatic carbocycles. The maximum atomic E-state index is 8.36. The van der Waals surface area contributed by atoms with E-state index in [0.29, 0.717) is 0 Å². The first kappa shape index (κ1) is 26.5. The predicted octanol–water partition coefficient (Wildman–Crippen LogP) is 7.29. The Balaban J connectivity index is 0.00000165. The zero-order valence-electron chi connectivity index (χ0n) is 18.2. The molecule has 0 fully saturated rings. The summed E-state index contributed by atoms with van der Waals surface area (Å²) in [5.74, 6) is 0. The number of nitrogens with zero attached hydrogens (tertiary/aromatic N) is 2. The van der Waals surface area contributed by atoms with Crippen LogP contribution in [-0.4, -0.2) is 28.3 Å². The first-order chi connectivity index (χ1) is 13.7. The molecule has 5 heteroatoms. The highest BCUT2D eigenvalue weighted by atomic mass is 16.9. The molecule has 0 spiro atoms. The first-order valence-electron chi connectivity index (χ1n) is 11.6. The van der Waals surface area contributed by atoms with E-state index < -0.39 is 5.09 Å². The van der Waals surface area contributed by atoms with E-state index in [9.17, 15) is 0 Å². The molecular weight excluding hydrogens is 352 g/mol. The van der Waals surface area contributed by atoms with Gasteiger partial charge < -0.3 is 10.1 Å². The van der Waals surface area contributed by atoms with Crippen LogP contribution in [0.1, 0.15) is 110 Å². The number of unbranched alkanes of at least 4 members (excludes halogenated alkanes) is 15. The molecule has 1 N–H and O–H groups in total. The van der Waals surface area contributed by atoms with Gasteiger partial charge in [-0.25, -0.2) is 0 Å². The van der Waals surface area contributed by atoms with E-state index in [1.807, 2.05) is 0 Å². The van der Waals surface area contributed by atoms with Crippen molar-refractivity contribution in [3.05, 3.63) is 34.5 Å². The summed E-state index contributed by atoms with van der Waals surface area (Å²) < 4.78 is 0. The molecule has 28 heavy (non-hydrogen) atoms. The van der Waals surface area contributed by atoms with Crippen molar-refractivity contribution in [1.82, 2.24) is 4.90 Å². The molecule has 1 heterocycles. The summed E-state index contributed by atoms with van der Waals surface area (Å²) in [7, 11) is 0. The fourth-order valence-corrected chi connectivity index (χ4v) is 3.54. The molecule has 0 aromatic carbocycles. The Morgan fingerprint density at radius 3 is 1.54 bits per heavy atom. The van der Waals surface area contributed by atoms with E-state index in [-0.39, 0.29) is 0 Å². The first-order valence-corrected chi connectivity index (χ1v) is 11.6. The van der Waals surface area contributed by atoms with Crippen LogP contribution in [0.15, 0.2) is 24.4 Å². The third kappa shape index (κ3) is 22.5. The lowest BCUT2D eigenvalue weighted by atomic mass is 10.0. The summed E-state index contributed by atoms with van der Waals surface area (Å²) >= 11 is 0. The molecule has 0 aromatic heterocycles. The summed E-state index contributed by atoms with van der Waals surface area (Å²) in [6.07, 6.45) is 31.9. The van der Waals surface area contributed by atoms with Crippen molar-refractivity contribution in [2.24, 2.45) is 0 Å². The van der Waals surface area contributed by atoms with Crippen molar-refractivity contribution < 1.29 is 10.3 Å². The maximum absolute atomic E-state index is 8.36. The van der Waals surface area contributed by atoms with E-state index in [0.717, 1.165) is 6.54 Å². The van der Waals surface area contributed by atoms with Crippen molar-refractivity contribution in [3.8, 4) is 0 Å². The fraction of sp³-hybridized carbons (Fsp3) is 0.826. The third-order valence-corrected chi connectivity index (χ3v) is 5.18. The molecule has 1 rings (SSSR count). The van der Waals surface area contributed by atoms with Gasteiger partial charge in [0.1, 0.15) is 0 Å². The minimum atomic E-state index is -1.50. The van der Waals surface area contributed by atoms with Gasteiger partial charge in [-0.1, -0.05) is 115 Å². The zero-order chi connectivity index (χ0) is 20.7. The summed E-state index contributed by atoms with van der Waals surface area (Å²) in [6.45, 7) is 4.64. The Morgan fingerprint density at radius 1 is 0.786 bits per heavy atom. The van der Waals surface area contributed by atoms with Crippen LogP contribution < -0.4 is 0 Å². The molecule has 0 unspecified atom stereocenters. The fourth-order valence-electron chi connectivity index (χ4n) is 3.54. The standard InChI is InChI=1S/C23H43N.HNO3/c1-2-3-4-5-6-7-8-9-10-11-12-13-14-15-16-18-21-24-22-19-17-20-23-24;2-1(3)4/h17,19-20,22H,2-16,18,21,23H2,1H3;(H,2,3,4). The number of allylic oxidation sites excluding steroid dienone is 2. The van der Waals surface area contributed by atoms with Gasteiger partial charge in [0.15, 0.2) is 0 Å². The van der Waals surface area contributed by atoms with Gasteiger partial charge in [-0.2, -0.15) is 0 Å². The molecule has 5 nitrogen and oxygen atoms in total. The largest absolute Gasteiger partial charge is 0.374 e. The van der Waals surface area contributed by atoms with Crippen molar-refractivity contribution in [3.63, 3.8) is 0 Å². The van der Waals surface area contributed by atoms with Gasteiger partial charge in [0.2, 0.25) is 0 Å². The SMILES string of the molecule is CCCCCCCCCCCCCCCCCCN1C=CC=CC1.O=[N+]([O-])O. The van der Waals surface area contributed by atoms with Crippen LogP contribution in [0, 0.1) is 10.1 Å². The second-order valence-electron chi connectivity index (χ2n) is 7.81. The number of hydrogen-bond acceptors (Lipinski definition) is 3. The molecule has 0 bridgehead atoms. The van der Waals surface area contributed by atoms with Crippen molar-refractivity contribution in [1.29, 1.82) is 0 Å². The van der Waals surface area contributed by atoms with Gasteiger partial charge in [0, 0.05) is 13.1 Å². The number of hydrogen-bond donors (Lipinski definition) is 1. The van der Waals surface area contributed by atoms with Crippen LogP contribution >= 0.6 is 0 Å². The number of rotatable bonds is 17. The van der Waals surface area contributed by atoms with Crippen LogP contribution in [0.2, 0.25) is 0 Å². The van der Waals surface area contributed by atoms with Crippen molar-refractivity contribution in [2.45, 2.75) is 110 Å². The topological polar surface area (TPSA) is 66.6 Å². The van der Waals surface area contributed by atoms with Gasteiger partial charge in [-0.05, 0) is 18.7 Å². The van der Waals surface area contributed by atoms with E-state index in [4.69, 9.17) is 15.3 Å². The highest BCUT2D eigenvalue weighted by Crippen LogP contribution is 2.14. The third-order valence-electron chi connectivity index (χ3n) is 5.18. The van der Waals surface area contributed by atoms with Gasteiger partial charge in [0.25, 0.3) is 5.09 Å². The lowest BCUT2D eigenvalue weighted by Gasteiger charge is -2.20. The van der Waals surface area contributed by atoms with Crippen LogP contribution in [0.3, 0.4) is 0 Å². The summed E-state index contributed by atoms with van der Waals surface area (Å²) in [5, 5.41) is 13.6. The summed E-state index contributed by atoms with van der Waals surface area (Å²) in [4.78, 5) is 10.8. The maximum Gasteiger partial charge on any atom is 0.291 e. The average Bonchev–Trinajstić information content (AvgIpc) is 2.68. The Bertz CT molecular complexity index is 393. The second-order valence-corrected chi connectivity index (χ2v) is 7.81. The van der Waals surface area contributed by atoms with Gasteiger partial charge in [0.05, 0.1) is 0 Å². The lowest BCUT2D eigenvalue weighted by Crippen LogP contribution is -2.19.